The molecule has 1 aliphatic heterocycles. The van der Waals surface area contributed by atoms with Gasteiger partial charge in [0.1, 0.15) is 0 Å². The molecule has 2 heterocycles. The normalized spacial score (nSPS) is 16.6. The van der Waals surface area contributed by atoms with Crippen molar-refractivity contribution in [2.24, 2.45) is 11.7 Å². The summed E-state index contributed by atoms with van der Waals surface area (Å²) in [4.78, 5) is 25.4. The van der Waals surface area contributed by atoms with E-state index in [1.165, 1.54) is 0 Å². The van der Waals surface area contributed by atoms with Crippen molar-refractivity contribution in [3.8, 4) is 23.0 Å². The molecule has 0 bridgehead atoms. The number of thioether (sulfide) groups is 1. The number of amides is 2. The van der Waals surface area contributed by atoms with Gasteiger partial charge in [-0.2, -0.15) is 0 Å². The van der Waals surface area contributed by atoms with E-state index in [9.17, 15) is 9.59 Å². The van der Waals surface area contributed by atoms with Crippen molar-refractivity contribution >= 4 is 23.6 Å². The number of likely N-dealkylation sites (tertiary alicyclic amines) is 1. The molecule has 1 saturated heterocycles. The molecule has 1 aliphatic rings. The Kier molecular flexibility index (Phi) is 6.40. The third-order valence-electron chi connectivity index (χ3n) is 4.53. The molecule has 2 aromatic rings. The first-order valence-corrected chi connectivity index (χ1v) is 9.76. The number of rotatable bonds is 7. The fraction of sp³-hybridized carbons (Fsp3) is 0.444. The van der Waals surface area contributed by atoms with Gasteiger partial charge < -0.3 is 24.5 Å². The molecule has 2 N–H and O–H groups in total. The average molecular weight is 406 g/mol. The lowest BCUT2D eigenvalue weighted by atomic mass is 9.97. The van der Waals surface area contributed by atoms with Crippen LogP contribution in [0.15, 0.2) is 27.8 Å². The van der Waals surface area contributed by atoms with Crippen LogP contribution in [0.5, 0.6) is 11.5 Å². The molecule has 28 heavy (non-hydrogen) atoms. The van der Waals surface area contributed by atoms with Crippen LogP contribution < -0.4 is 15.2 Å². The zero-order valence-corrected chi connectivity index (χ0v) is 16.5. The van der Waals surface area contributed by atoms with Gasteiger partial charge >= 0.3 is 0 Å². The Morgan fingerprint density at radius 1 is 1.29 bits per heavy atom. The second kappa shape index (κ2) is 8.96. The minimum Gasteiger partial charge on any atom is -0.493 e. The summed E-state index contributed by atoms with van der Waals surface area (Å²) in [6, 6.07) is 5.27. The molecule has 0 radical (unpaired) electrons. The summed E-state index contributed by atoms with van der Waals surface area (Å²) in [7, 11) is 3.11. The minimum absolute atomic E-state index is 0.0817. The molecule has 0 aliphatic carbocycles. The summed E-state index contributed by atoms with van der Waals surface area (Å²) in [5.74, 6) is 0.909. The van der Waals surface area contributed by atoms with Crippen molar-refractivity contribution in [1.29, 1.82) is 0 Å². The lowest BCUT2D eigenvalue weighted by Gasteiger charge is -2.31. The van der Waals surface area contributed by atoms with Crippen molar-refractivity contribution < 1.29 is 23.5 Å². The summed E-state index contributed by atoms with van der Waals surface area (Å²) in [5.41, 5.74) is 6.04. The third kappa shape index (κ3) is 4.56. The quantitative estimate of drug-likeness (QED) is 0.688. The molecule has 1 fully saturated rings. The maximum absolute atomic E-state index is 12.4. The van der Waals surface area contributed by atoms with Crippen LogP contribution in [-0.2, 0) is 9.59 Å². The molecule has 9 nitrogen and oxygen atoms in total. The number of carbonyl (C=O) groups excluding carboxylic acids is 2. The third-order valence-corrected chi connectivity index (χ3v) is 5.34. The van der Waals surface area contributed by atoms with E-state index in [0.717, 1.165) is 24.6 Å². The largest absolute Gasteiger partial charge is 0.493 e. The first-order chi connectivity index (χ1) is 13.5. The van der Waals surface area contributed by atoms with E-state index < -0.39 is 0 Å². The van der Waals surface area contributed by atoms with Gasteiger partial charge in [0.25, 0.3) is 5.22 Å². The fourth-order valence-electron chi connectivity index (χ4n) is 3.00. The first kappa shape index (κ1) is 20.0. The van der Waals surface area contributed by atoms with E-state index in [4.69, 9.17) is 19.6 Å². The van der Waals surface area contributed by atoms with Gasteiger partial charge in [-0.1, -0.05) is 11.8 Å². The number of primary amides is 1. The zero-order valence-electron chi connectivity index (χ0n) is 15.7. The fourth-order valence-corrected chi connectivity index (χ4v) is 3.67. The van der Waals surface area contributed by atoms with Gasteiger partial charge in [-0.3, -0.25) is 9.59 Å². The molecule has 1 aromatic carbocycles. The molecule has 0 spiro atoms. The monoisotopic (exact) mass is 406 g/mol. The van der Waals surface area contributed by atoms with E-state index in [1.807, 2.05) is 0 Å². The van der Waals surface area contributed by atoms with Crippen molar-refractivity contribution in [3.05, 3.63) is 18.2 Å². The Bertz CT molecular complexity index is 856. The number of methoxy groups -OCH3 is 2. The minimum atomic E-state index is -0.360. The van der Waals surface area contributed by atoms with Crippen LogP contribution in [-0.4, -0.2) is 60.0 Å². The van der Waals surface area contributed by atoms with Crippen LogP contribution in [0.2, 0.25) is 0 Å². The van der Waals surface area contributed by atoms with Crippen LogP contribution in [0.3, 0.4) is 0 Å². The molecular formula is C18H22N4O5S. The van der Waals surface area contributed by atoms with Crippen LogP contribution in [0, 0.1) is 5.92 Å². The Balaban J connectivity index is 1.60. The molecule has 1 aromatic heterocycles. The number of nitrogens with zero attached hydrogens (tertiary/aromatic N) is 3. The number of piperidine rings is 1. The Morgan fingerprint density at radius 2 is 2.07 bits per heavy atom. The van der Waals surface area contributed by atoms with Gasteiger partial charge in [0.15, 0.2) is 11.5 Å². The van der Waals surface area contributed by atoms with E-state index in [-0.39, 0.29) is 23.5 Å². The summed E-state index contributed by atoms with van der Waals surface area (Å²) in [6.07, 6.45) is 1.50. The maximum Gasteiger partial charge on any atom is 0.277 e. The first-order valence-electron chi connectivity index (χ1n) is 8.77. The summed E-state index contributed by atoms with van der Waals surface area (Å²) < 4.78 is 16.1. The van der Waals surface area contributed by atoms with Gasteiger partial charge in [0, 0.05) is 18.7 Å². The topological polar surface area (TPSA) is 121 Å². The molecular weight excluding hydrogens is 384 g/mol. The van der Waals surface area contributed by atoms with Crippen LogP contribution >= 0.6 is 11.8 Å². The summed E-state index contributed by atoms with van der Waals surface area (Å²) in [6.45, 7) is 0.999. The highest BCUT2D eigenvalue weighted by Crippen LogP contribution is 2.32. The molecule has 3 rings (SSSR count). The Hall–Kier alpha value is -2.75. The lowest BCUT2D eigenvalue weighted by Crippen LogP contribution is -2.44. The standard InChI is InChI=1S/C18H22N4O5S/c1-25-13-6-5-11(8-14(13)26-2)17-20-21-18(27-17)28-10-15(23)22-7-3-4-12(9-22)16(19)24/h5-6,8,12H,3-4,7,9-10H2,1-2H3,(H2,19,24)/t12-/m1/s1. The maximum atomic E-state index is 12.4. The van der Waals surface area contributed by atoms with Crippen LogP contribution in [0.1, 0.15) is 12.8 Å². The second-order valence-corrected chi connectivity index (χ2v) is 7.24. The molecule has 150 valence electrons. The van der Waals surface area contributed by atoms with E-state index in [1.54, 1.807) is 37.3 Å². The number of benzene rings is 1. The zero-order chi connectivity index (χ0) is 20.1. The predicted molar refractivity (Wildman–Crippen MR) is 102 cm³/mol. The summed E-state index contributed by atoms with van der Waals surface area (Å²) in [5, 5.41) is 8.30. The van der Waals surface area contributed by atoms with Crippen LogP contribution in [0.25, 0.3) is 11.5 Å². The molecule has 10 heteroatoms. The van der Waals surface area contributed by atoms with Crippen LogP contribution in [0.4, 0.5) is 0 Å². The molecule has 2 amide bonds. The van der Waals surface area contributed by atoms with Crippen molar-refractivity contribution in [1.82, 2.24) is 15.1 Å². The highest BCUT2D eigenvalue weighted by molar-refractivity contribution is 7.99. The van der Waals surface area contributed by atoms with Crippen molar-refractivity contribution in [2.75, 3.05) is 33.1 Å². The number of aromatic nitrogens is 2. The van der Waals surface area contributed by atoms with Gasteiger partial charge in [0.05, 0.1) is 25.9 Å². The summed E-state index contributed by atoms with van der Waals surface area (Å²) >= 11 is 1.16. The van der Waals surface area contributed by atoms with E-state index in [2.05, 4.69) is 10.2 Å². The molecule has 0 unspecified atom stereocenters. The second-order valence-electron chi connectivity index (χ2n) is 6.31. The highest BCUT2D eigenvalue weighted by atomic mass is 32.2. The van der Waals surface area contributed by atoms with Gasteiger partial charge in [-0.25, -0.2) is 0 Å². The Morgan fingerprint density at radius 3 is 2.79 bits per heavy atom. The molecule has 1 atom stereocenters. The highest BCUT2D eigenvalue weighted by Gasteiger charge is 2.27. The number of carbonyl (C=O) groups is 2. The lowest BCUT2D eigenvalue weighted by molar-refractivity contribution is -0.132. The van der Waals surface area contributed by atoms with E-state index >= 15 is 0 Å². The smallest absolute Gasteiger partial charge is 0.277 e. The number of nitrogens with two attached hydrogens (primary N) is 1. The van der Waals surface area contributed by atoms with Crippen molar-refractivity contribution in [3.63, 3.8) is 0 Å². The average Bonchev–Trinajstić information content (AvgIpc) is 3.20. The Labute approximate surface area is 166 Å². The van der Waals surface area contributed by atoms with E-state index in [0.29, 0.717) is 41.3 Å². The molecule has 0 saturated carbocycles. The van der Waals surface area contributed by atoms with Gasteiger partial charge in [-0.05, 0) is 31.0 Å². The number of hydrogen-bond donors (Lipinski definition) is 1. The van der Waals surface area contributed by atoms with Crippen molar-refractivity contribution in [2.45, 2.75) is 18.1 Å². The predicted octanol–water partition coefficient (Wildman–Crippen LogP) is 1.57. The number of ether oxygens (including phenoxy) is 2. The SMILES string of the molecule is COc1ccc(-c2nnc(SCC(=O)N3CCC[C@@H](C(N)=O)C3)o2)cc1OC. The van der Waals surface area contributed by atoms with Gasteiger partial charge in [0.2, 0.25) is 17.7 Å². The van der Waals surface area contributed by atoms with Gasteiger partial charge in [-0.15, -0.1) is 10.2 Å². The number of hydrogen-bond acceptors (Lipinski definition) is 8.